The molecular formula is C8H9AgNO3S. The Bertz CT molecular complexity index is 341. The van der Waals surface area contributed by atoms with Crippen LogP contribution in [-0.4, -0.2) is 27.9 Å². The van der Waals surface area contributed by atoms with E-state index in [2.05, 4.69) is 12.6 Å². The van der Waals surface area contributed by atoms with Crippen molar-refractivity contribution in [1.82, 2.24) is 4.90 Å². The Labute approximate surface area is 102 Å². The first-order valence-corrected chi connectivity index (χ1v) is 4.47. The maximum Gasteiger partial charge on any atom is 0.353 e. The van der Waals surface area contributed by atoms with Crippen LogP contribution < -0.4 is 0 Å². The molecule has 0 aromatic carbocycles. The Morgan fingerprint density at radius 1 is 1.64 bits per heavy atom. The zero-order valence-electron chi connectivity index (χ0n) is 7.32. The van der Waals surface area contributed by atoms with Gasteiger partial charge in [0.2, 0.25) is 5.91 Å². The fraction of sp³-hybridized carbons (Fsp3) is 0.500. The average Bonchev–Trinajstić information content (AvgIpc) is 2.24. The Morgan fingerprint density at radius 2 is 2.21 bits per heavy atom. The summed E-state index contributed by atoms with van der Waals surface area (Å²) in [5.74, 6) is -1.11. The number of nitrogens with zero attached hydrogens (tertiary/aromatic N) is 1. The summed E-state index contributed by atoms with van der Waals surface area (Å²) in [6.45, 7) is 1.89. The van der Waals surface area contributed by atoms with Crippen LogP contribution in [0.1, 0.15) is 13.3 Å². The molecule has 0 unspecified atom stereocenters. The summed E-state index contributed by atoms with van der Waals surface area (Å²) < 4.78 is 0. The third-order valence-electron chi connectivity index (χ3n) is 2.68. The SMILES string of the molecule is C[C@H]1C(S)=C(C(=O)O)N2C(=O)C[C@@H]12.[Ag]. The van der Waals surface area contributed by atoms with Gasteiger partial charge in [0.15, 0.2) is 0 Å². The van der Waals surface area contributed by atoms with E-state index < -0.39 is 5.97 Å². The fourth-order valence-corrected chi connectivity index (χ4v) is 2.24. The van der Waals surface area contributed by atoms with E-state index in [1.807, 2.05) is 6.92 Å². The predicted octanol–water partition coefficient (Wildman–Crippen LogP) is 0.460. The van der Waals surface area contributed by atoms with Crippen molar-refractivity contribution >= 4 is 24.5 Å². The molecule has 2 rings (SSSR count). The van der Waals surface area contributed by atoms with Crippen LogP contribution in [0.25, 0.3) is 0 Å². The number of hydrogen-bond donors (Lipinski definition) is 2. The zero-order valence-corrected chi connectivity index (χ0v) is 9.70. The molecule has 1 saturated heterocycles. The summed E-state index contributed by atoms with van der Waals surface area (Å²) in [7, 11) is 0. The monoisotopic (exact) mass is 306 g/mol. The summed E-state index contributed by atoms with van der Waals surface area (Å²) in [5.41, 5.74) is 0.0667. The minimum Gasteiger partial charge on any atom is -0.477 e. The molecule has 0 bridgehead atoms. The van der Waals surface area contributed by atoms with Crippen LogP contribution in [0.5, 0.6) is 0 Å². The standard InChI is InChI=1S/C8H9NO3S.Ag/c1-3-4-2-5(10)9(4)6(7(3)13)8(11)12;/h3-4,13H,2H2,1H3,(H,11,12);/t3-,4+;/m1./s1. The van der Waals surface area contributed by atoms with Gasteiger partial charge in [0.25, 0.3) is 0 Å². The van der Waals surface area contributed by atoms with E-state index in [-0.39, 0.29) is 45.9 Å². The molecule has 0 spiro atoms. The summed E-state index contributed by atoms with van der Waals surface area (Å²) in [6, 6.07) is 0.0334. The summed E-state index contributed by atoms with van der Waals surface area (Å²) >= 11 is 4.13. The van der Waals surface area contributed by atoms with Gasteiger partial charge in [-0.25, -0.2) is 4.79 Å². The second-order valence-electron chi connectivity index (χ2n) is 3.36. The molecule has 2 atom stereocenters. The van der Waals surface area contributed by atoms with E-state index in [1.54, 1.807) is 0 Å². The van der Waals surface area contributed by atoms with Crippen LogP contribution in [0.2, 0.25) is 0 Å². The molecule has 1 N–H and O–H groups in total. The first-order valence-electron chi connectivity index (χ1n) is 4.02. The number of fused-ring (bicyclic) bond motifs is 1. The van der Waals surface area contributed by atoms with Gasteiger partial charge in [-0.3, -0.25) is 4.79 Å². The van der Waals surface area contributed by atoms with E-state index in [9.17, 15) is 9.59 Å². The van der Waals surface area contributed by atoms with Gasteiger partial charge in [-0.2, -0.15) is 0 Å². The maximum atomic E-state index is 11.1. The maximum absolute atomic E-state index is 11.1. The number of rotatable bonds is 1. The number of carboxylic acid groups (broad SMARTS) is 1. The molecule has 0 aromatic rings. The van der Waals surface area contributed by atoms with Crippen LogP contribution in [0.4, 0.5) is 0 Å². The molecule has 0 aliphatic carbocycles. The van der Waals surface area contributed by atoms with Gasteiger partial charge in [-0.05, 0) is 0 Å². The van der Waals surface area contributed by atoms with Crippen molar-refractivity contribution in [2.24, 2.45) is 5.92 Å². The predicted molar refractivity (Wildman–Crippen MR) is 48.1 cm³/mol. The molecule has 0 saturated carbocycles. The minimum atomic E-state index is -1.06. The molecule has 6 heteroatoms. The molecule has 4 nitrogen and oxygen atoms in total. The third kappa shape index (κ3) is 1.35. The van der Waals surface area contributed by atoms with E-state index >= 15 is 0 Å². The number of amides is 1. The van der Waals surface area contributed by atoms with E-state index in [1.165, 1.54) is 4.90 Å². The first-order chi connectivity index (χ1) is 6.04. The second-order valence-corrected chi connectivity index (χ2v) is 3.84. The van der Waals surface area contributed by atoms with Gasteiger partial charge in [0, 0.05) is 39.6 Å². The van der Waals surface area contributed by atoms with Crippen LogP contribution in [0, 0.1) is 5.92 Å². The number of hydrogen-bond acceptors (Lipinski definition) is 3. The number of carboxylic acids is 1. The summed E-state index contributed by atoms with van der Waals surface area (Å²) in [4.78, 5) is 23.8. The van der Waals surface area contributed by atoms with Crippen molar-refractivity contribution in [2.45, 2.75) is 19.4 Å². The van der Waals surface area contributed by atoms with Gasteiger partial charge in [0.1, 0.15) is 5.70 Å². The molecule has 2 aliphatic rings. The summed E-state index contributed by atoms with van der Waals surface area (Å²) in [5, 5.41) is 8.84. The normalized spacial score (nSPS) is 29.6. The van der Waals surface area contributed by atoms with Crippen LogP contribution in [0.3, 0.4) is 0 Å². The number of carbonyl (C=O) groups excluding carboxylic acids is 1. The quantitative estimate of drug-likeness (QED) is 0.420. The van der Waals surface area contributed by atoms with Crippen molar-refractivity contribution in [3.8, 4) is 0 Å². The Kier molecular flexibility index (Phi) is 3.16. The fourth-order valence-electron chi connectivity index (χ4n) is 1.87. The average molecular weight is 307 g/mol. The van der Waals surface area contributed by atoms with E-state index in [0.29, 0.717) is 11.3 Å². The van der Waals surface area contributed by atoms with Crippen molar-refractivity contribution in [1.29, 1.82) is 0 Å². The van der Waals surface area contributed by atoms with Crippen LogP contribution >= 0.6 is 12.6 Å². The van der Waals surface area contributed by atoms with Gasteiger partial charge in [-0.15, -0.1) is 12.6 Å². The third-order valence-corrected chi connectivity index (χ3v) is 3.30. The molecule has 1 amide bonds. The number of thiol groups is 1. The van der Waals surface area contributed by atoms with Crippen LogP contribution in [-0.2, 0) is 32.0 Å². The Balaban J connectivity index is 0.000000980. The summed E-state index contributed by atoms with van der Waals surface area (Å²) in [6.07, 6.45) is 0.446. The Hall–Kier alpha value is -0.230. The van der Waals surface area contributed by atoms with Crippen molar-refractivity contribution in [3.63, 3.8) is 0 Å². The number of carbonyl (C=O) groups is 2. The smallest absolute Gasteiger partial charge is 0.353 e. The largest absolute Gasteiger partial charge is 0.477 e. The molecular weight excluding hydrogens is 298 g/mol. The van der Waals surface area contributed by atoms with Gasteiger partial charge in [0.05, 0.1) is 6.04 Å². The molecule has 2 heterocycles. The zero-order chi connectivity index (χ0) is 9.75. The topological polar surface area (TPSA) is 57.6 Å². The van der Waals surface area contributed by atoms with Gasteiger partial charge >= 0.3 is 5.97 Å². The first kappa shape index (κ1) is 11.8. The van der Waals surface area contributed by atoms with E-state index in [0.717, 1.165) is 0 Å². The minimum absolute atomic E-state index is 0. The van der Waals surface area contributed by atoms with Gasteiger partial charge < -0.3 is 10.0 Å². The van der Waals surface area contributed by atoms with E-state index in [4.69, 9.17) is 5.11 Å². The molecule has 14 heavy (non-hydrogen) atoms. The molecule has 81 valence electrons. The Morgan fingerprint density at radius 3 is 2.57 bits per heavy atom. The van der Waals surface area contributed by atoms with Crippen molar-refractivity contribution in [2.75, 3.05) is 0 Å². The van der Waals surface area contributed by atoms with Crippen molar-refractivity contribution < 1.29 is 37.1 Å². The molecule has 2 aliphatic heterocycles. The number of aliphatic carboxylic acids is 1. The molecule has 0 aromatic heterocycles. The number of β-lactam (4-membered cyclic amide) rings is 1. The van der Waals surface area contributed by atoms with Crippen molar-refractivity contribution in [3.05, 3.63) is 10.6 Å². The second kappa shape index (κ2) is 3.73. The molecule has 1 radical (unpaired) electrons. The van der Waals surface area contributed by atoms with Crippen LogP contribution in [0.15, 0.2) is 10.6 Å². The molecule has 1 fully saturated rings. The van der Waals surface area contributed by atoms with Gasteiger partial charge in [-0.1, -0.05) is 6.92 Å².